The van der Waals surface area contributed by atoms with Crippen molar-refractivity contribution in [1.29, 1.82) is 0 Å². The molecule has 5 aromatic rings. The number of para-hydroxylation sites is 1. The minimum absolute atomic E-state index is 0.200. The lowest BCUT2D eigenvalue weighted by Crippen LogP contribution is -2.13. The highest BCUT2D eigenvalue weighted by Crippen LogP contribution is 2.16. The highest BCUT2D eigenvalue weighted by molar-refractivity contribution is 5.76. The van der Waals surface area contributed by atoms with Crippen molar-refractivity contribution in [2.24, 2.45) is 0 Å². The van der Waals surface area contributed by atoms with Crippen LogP contribution in [-0.4, -0.2) is 34.9 Å². The largest absolute Gasteiger partial charge is 0.347 e. The van der Waals surface area contributed by atoms with E-state index < -0.39 is 0 Å². The van der Waals surface area contributed by atoms with E-state index in [4.69, 9.17) is 4.52 Å². The molecule has 0 fully saturated rings. The number of aromatic nitrogens is 7. The van der Waals surface area contributed by atoms with Gasteiger partial charge in [-0.15, -0.1) is 0 Å². The van der Waals surface area contributed by atoms with Crippen LogP contribution in [0, 0.1) is 0 Å². The molecular weight excluding hydrogens is 372 g/mol. The van der Waals surface area contributed by atoms with Crippen molar-refractivity contribution >= 4 is 17.0 Å². The molecule has 0 aliphatic heterocycles. The van der Waals surface area contributed by atoms with Gasteiger partial charge in [0.2, 0.25) is 17.7 Å². The summed E-state index contributed by atoms with van der Waals surface area (Å²) in [6, 6.07) is 13.1. The number of hydrogen-bond acceptors (Lipinski definition) is 8. The predicted molar refractivity (Wildman–Crippen MR) is 104 cm³/mol. The van der Waals surface area contributed by atoms with Crippen molar-refractivity contribution in [1.82, 2.24) is 34.9 Å². The summed E-state index contributed by atoms with van der Waals surface area (Å²) in [6.07, 6.45) is 4.81. The molecule has 4 aromatic heterocycles. The summed E-state index contributed by atoms with van der Waals surface area (Å²) in [5.74, 6) is 1.10. The molecule has 0 aliphatic rings. The highest BCUT2D eigenvalue weighted by atomic mass is 16.5. The van der Waals surface area contributed by atoms with Crippen LogP contribution in [-0.2, 0) is 6.54 Å². The smallest absolute Gasteiger partial charge is 0.263 e. The van der Waals surface area contributed by atoms with Crippen LogP contribution >= 0.6 is 0 Å². The van der Waals surface area contributed by atoms with Crippen LogP contribution < -0.4 is 10.9 Å². The number of nitrogens with one attached hydrogen (secondary N) is 2. The molecule has 0 atom stereocenters. The number of benzene rings is 1. The number of anilines is 1. The molecule has 29 heavy (non-hydrogen) atoms. The van der Waals surface area contributed by atoms with E-state index in [0.29, 0.717) is 22.7 Å². The average molecular weight is 386 g/mol. The van der Waals surface area contributed by atoms with Gasteiger partial charge in [-0.2, -0.15) is 15.1 Å². The lowest BCUT2D eigenvalue weighted by molar-refractivity contribution is 0.384. The third-order valence-electron chi connectivity index (χ3n) is 4.25. The third-order valence-corrected chi connectivity index (χ3v) is 4.25. The van der Waals surface area contributed by atoms with Gasteiger partial charge in [0.25, 0.3) is 5.56 Å². The van der Waals surface area contributed by atoms with Crippen LogP contribution in [0.1, 0.15) is 5.89 Å². The van der Waals surface area contributed by atoms with Gasteiger partial charge in [-0.05, 0) is 24.3 Å². The molecule has 0 saturated heterocycles. The molecule has 4 heterocycles. The summed E-state index contributed by atoms with van der Waals surface area (Å²) in [6.45, 7) is 0.200. The van der Waals surface area contributed by atoms with Crippen LogP contribution in [0.25, 0.3) is 28.1 Å². The molecule has 0 radical (unpaired) electrons. The zero-order chi connectivity index (χ0) is 19.6. The Morgan fingerprint density at radius 2 is 1.90 bits per heavy atom. The van der Waals surface area contributed by atoms with Crippen molar-refractivity contribution in [2.45, 2.75) is 6.54 Å². The molecule has 0 unspecified atom stereocenters. The molecule has 2 N–H and O–H groups in total. The van der Waals surface area contributed by atoms with E-state index in [0.717, 1.165) is 11.3 Å². The van der Waals surface area contributed by atoms with E-state index in [-0.39, 0.29) is 18.1 Å². The molecule has 0 aliphatic carbocycles. The maximum absolute atomic E-state index is 12.4. The first-order chi connectivity index (χ1) is 14.3. The van der Waals surface area contributed by atoms with E-state index in [1.807, 2.05) is 30.3 Å². The molecule has 5 rings (SSSR count). The van der Waals surface area contributed by atoms with Gasteiger partial charge in [0.05, 0.1) is 18.4 Å². The minimum atomic E-state index is -0.289. The Bertz CT molecular complexity index is 1320. The summed E-state index contributed by atoms with van der Waals surface area (Å²) in [7, 11) is 0. The molecule has 10 nitrogen and oxygen atoms in total. The number of aromatic amines is 1. The zero-order valence-electron chi connectivity index (χ0n) is 15.0. The minimum Gasteiger partial charge on any atom is -0.347 e. The molecule has 0 spiro atoms. The number of fused-ring (bicyclic) bond motifs is 1. The zero-order valence-corrected chi connectivity index (χ0v) is 15.0. The van der Waals surface area contributed by atoms with Crippen LogP contribution in [0.4, 0.5) is 5.95 Å². The van der Waals surface area contributed by atoms with Gasteiger partial charge in [0.1, 0.15) is 5.39 Å². The number of rotatable bonds is 5. The van der Waals surface area contributed by atoms with Crippen molar-refractivity contribution in [3.63, 3.8) is 0 Å². The number of nitrogens with zero attached hydrogens (tertiary/aromatic N) is 6. The van der Waals surface area contributed by atoms with Gasteiger partial charge >= 0.3 is 0 Å². The van der Waals surface area contributed by atoms with Gasteiger partial charge in [0.15, 0.2) is 5.65 Å². The average Bonchev–Trinajstić information content (AvgIpc) is 3.41. The van der Waals surface area contributed by atoms with E-state index in [2.05, 4.69) is 35.5 Å². The lowest BCUT2D eigenvalue weighted by atomic mass is 10.2. The normalized spacial score (nSPS) is 11.0. The Morgan fingerprint density at radius 3 is 2.72 bits per heavy atom. The van der Waals surface area contributed by atoms with Gasteiger partial charge in [-0.1, -0.05) is 23.4 Å². The number of hydrogen-bond donors (Lipinski definition) is 2. The van der Waals surface area contributed by atoms with Gasteiger partial charge in [-0.25, -0.2) is 4.68 Å². The van der Waals surface area contributed by atoms with Crippen LogP contribution in [0.5, 0.6) is 0 Å². The van der Waals surface area contributed by atoms with Crippen molar-refractivity contribution in [3.8, 4) is 17.1 Å². The van der Waals surface area contributed by atoms with Gasteiger partial charge < -0.3 is 9.84 Å². The summed E-state index contributed by atoms with van der Waals surface area (Å²) < 4.78 is 6.87. The standard InChI is InChI=1S/C19H14N8O2/c28-18-14-10-22-27(13-4-2-1-3-5-13)17(14)24-19(25-18)21-11-15-23-16(26-29-15)12-6-8-20-9-7-12/h1-10H,11H2,(H2,21,24,25,28). The van der Waals surface area contributed by atoms with Gasteiger partial charge in [-0.3, -0.25) is 14.8 Å². The highest BCUT2D eigenvalue weighted by Gasteiger charge is 2.13. The fourth-order valence-electron chi connectivity index (χ4n) is 2.86. The van der Waals surface area contributed by atoms with E-state index >= 15 is 0 Å². The van der Waals surface area contributed by atoms with E-state index in [1.165, 1.54) is 6.20 Å². The molecule has 0 amide bonds. The summed E-state index contributed by atoms with van der Waals surface area (Å²) in [5, 5.41) is 11.6. The molecule has 1 aromatic carbocycles. The van der Waals surface area contributed by atoms with Crippen molar-refractivity contribution in [2.75, 3.05) is 5.32 Å². The monoisotopic (exact) mass is 386 g/mol. The summed E-state index contributed by atoms with van der Waals surface area (Å²) >= 11 is 0. The Morgan fingerprint density at radius 1 is 1.07 bits per heavy atom. The summed E-state index contributed by atoms with van der Waals surface area (Å²) in [4.78, 5) is 27.9. The Kier molecular flexibility index (Phi) is 4.06. The lowest BCUT2D eigenvalue weighted by Gasteiger charge is -2.05. The van der Waals surface area contributed by atoms with E-state index in [9.17, 15) is 4.79 Å². The van der Waals surface area contributed by atoms with E-state index in [1.54, 1.807) is 29.2 Å². The Hall–Kier alpha value is -4.34. The first-order valence-corrected chi connectivity index (χ1v) is 8.78. The van der Waals surface area contributed by atoms with Gasteiger partial charge in [0, 0.05) is 18.0 Å². The Balaban J connectivity index is 1.41. The summed E-state index contributed by atoms with van der Waals surface area (Å²) in [5.41, 5.74) is 1.77. The van der Waals surface area contributed by atoms with Crippen LogP contribution in [0.15, 0.2) is 70.4 Å². The maximum atomic E-state index is 12.4. The number of pyridine rings is 1. The third kappa shape index (κ3) is 3.23. The molecule has 10 heteroatoms. The second kappa shape index (κ2) is 7.00. The quantitative estimate of drug-likeness (QED) is 0.470. The number of H-pyrrole nitrogens is 1. The SMILES string of the molecule is O=c1[nH]c(NCc2nc(-c3ccncc3)no2)nc2c1cnn2-c1ccccc1. The molecular formula is C19H14N8O2. The maximum Gasteiger partial charge on any atom is 0.263 e. The second-order valence-electron chi connectivity index (χ2n) is 6.14. The fraction of sp³-hybridized carbons (Fsp3) is 0.0526. The van der Waals surface area contributed by atoms with Crippen LogP contribution in [0.2, 0.25) is 0 Å². The fourth-order valence-corrected chi connectivity index (χ4v) is 2.86. The second-order valence-corrected chi connectivity index (χ2v) is 6.14. The Labute approximate surface area is 163 Å². The first kappa shape index (κ1) is 16.8. The van der Waals surface area contributed by atoms with Crippen molar-refractivity contribution < 1.29 is 4.52 Å². The first-order valence-electron chi connectivity index (χ1n) is 8.78. The molecule has 142 valence electrons. The van der Waals surface area contributed by atoms with Crippen LogP contribution in [0.3, 0.4) is 0 Å². The topological polar surface area (TPSA) is 127 Å². The predicted octanol–water partition coefficient (Wildman–Crippen LogP) is 2.17. The molecule has 0 saturated carbocycles. The molecule has 0 bridgehead atoms. The van der Waals surface area contributed by atoms with Crippen molar-refractivity contribution in [3.05, 3.63) is 77.3 Å².